The molecule has 1 spiro atoms. The van der Waals surface area contributed by atoms with E-state index >= 15 is 0 Å². The molecule has 0 radical (unpaired) electrons. The number of hydrogen-bond donors (Lipinski definition) is 1. The van der Waals surface area contributed by atoms with Crippen LogP contribution in [0.15, 0.2) is 48.5 Å². The number of amides is 3. The highest BCUT2D eigenvalue weighted by Crippen LogP contribution is 2.41. The number of carbonyl (C=O) groups is 2. The van der Waals surface area contributed by atoms with Gasteiger partial charge in [-0.2, -0.15) is 0 Å². The lowest BCUT2D eigenvalue weighted by molar-refractivity contribution is -0.132. The molecule has 0 unspecified atom stereocenters. The Morgan fingerprint density at radius 3 is 2.42 bits per heavy atom. The summed E-state index contributed by atoms with van der Waals surface area (Å²) in [4.78, 5) is 27.1. The third kappa shape index (κ3) is 2.52. The summed E-state index contributed by atoms with van der Waals surface area (Å²) < 4.78 is 0. The molecule has 2 aromatic carbocycles. The highest BCUT2D eigenvalue weighted by molar-refractivity contribution is 6.08. The van der Waals surface area contributed by atoms with E-state index in [0.717, 1.165) is 23.1 Å². The van der Waals surface area contributed by atoms with Crippen molar-refractivity contribution in [3.05, 3.63) is 70.8 Å². The minimum absolute atomic E-state index is 0.0803. The van der Waals surface area contributed by atoms with Crippen molar-refractivity contribution < 1.29 is 9.59 Å². The number of nitrogens with one attached hydrogen (secondary N) is 1. The highest BCUT2D eigenvalue weighted by Gasteiger charge is 2.55. The summed E-state index contributed by atoms with van der Waals surface area (Å²) >= 11 is 0. The van der Waals surface area contributed by atoms with Crippen LogP contribution >= 0.6 is 0 Å². The van der Waals surface area contributed by atoms with Crippen molar-refractivity contribution >= 4 is 11.9 Å². The Balaban J connectivity index is 1.60. The van der Waals surface area contributed by atoms with E-state index in [9.17, 15) is 9.59 Å². The molecule has 1 N–H and O–H groups in total. The van der Waals surface area contributed by atoms with Gasteiger partial charge >= 0.3 is 6.03 Å². The molecule has 2 aromatic rings. The Hall–Kier alpha value is -2.62. The van der Waals surface area contributed by atoms with Crippen LogP contribution in [0.1, 0.15) is 49.4 Å². The molecule has 4 nitrogen and oxygen atoms in total. The van der Waals surface area contributed by atoms with Crippen LogP contribution in [-0.4, -0.2) is 16.8 Å². The fourth-order valence-electron chi connectivity index (χ4n) is 4.03. The molecule has 4 rings (SSSR count). The van der Waals surface area contributed by atoms with Crippen molar-refractivity contribution in [3.8, 4) is 0 Å². The van der Waals surface area contributed by atoms with Crippen LogP contribution in [0.25, 0.3) is 0 Å². The molecule has 0 bridgehead atoms. The Labute approximate surface area is 154 Å². The van der Waals surface area contributed by atoms with Gasteiger partial charge in [-0.3, -0.25) is 9.69 Å². The number of rotatable bonds is 2. The second kappa shape index (κ2) is 5.70. The summed E-state index contributed by atoms with van der Waals surface area (Å²) in [6.45, 7) is 6.81. The normalized spacial score (nSPS) is 22.0. The summed E-state index contributed by atoms with van der Waals surface area (Å²) in [5.74, 6) is -0.132. The molecule has 1 aliphatic heterocycles. The van der Waals surface area contributed by atoms with Crippen molar-refractivity contribution in [2.75, 3.05) is 0 Å². The molecule has 0 saturated carbocycles. The van der Waals surface area contributed by atoms with Gasteiger partial charge in [-0.25, -0.2) is 4.79 Å². The minimum atomic E-state index is -0.876. The third-order valence-corrected chi connectivity index (χ3v) is 5.58. The van der Waals surface area contributed by atoms with Crippen molar-refractivity contribution in [2.45, 2.75) is 51.1 Å². The average molecular weight is 348 g/mol. The van der Waals surface area contributed by atoms with Gasteiger partial charge in [-0.1, -0.05) is 69.3 Å². The van der Waals surface area contributed by atoms with E-state index in [-0.39, 0.29) is 17.4 Å². The lowest BCUT2D eigenvalue weighted by atomic mass is 9.86. The Bertz CT molecular complexity index is 880. The SMILES string of the molecule is CC(C)(C)c1ccc(CN2C(=O)N[C@]3(CCc4ccccc43)C2=O)cc1. The van der Waals surface area contributed by atoms with E-state index in [4.69, 9.17) is 0 Å². The molecule has 134 valence electrons. The Morgan fingerprint density at radius 2 is 1.73 bits per heavy atom. The van der Waals surface area contributed by atoms with Crippen LogP contribution in [0, 0.1) is 0 Å². The lowest BCUT2D eigenvalue weighted by Crippen LogP contribution is -2.41. The van der Waals surface area contributed by atoms with Crippen LogP contribution in [0.4, 0.5) is 4.79 Å². The standard InChI is InChI=1S/C22H24N2O2/c1-21(2,3)17-10-8-15(9-11-17)14-24-19(25)22(23-20(24)26)13-12-16-6-4-5-7-18(16)22/h4-11H,12-14H2,1-3H3,(H,23,26)/t22-/m0/s1. The van der Waals surface area contributed by atoms with Gasteiger partial charge in [0.2, 0.25) is 0 Å². The van der Waals surface area contributed by atoms with E-state index in [1.54, 1.807) is 0 Å². The topological polar surface area (TPSA) is 49.4 Å². The molecular weight excluding hydrogens is 324 g/mol. The fraction of sp³-hybridized carbons (Fsp3) is 0.364. The first-order valence-corrected chi connectivity index (χ1v) is 9.13. The van der Waals surface area contributed by atoms with Gasteiger partial charge in [0.25, 0.3) is 5.91 Å². The maximum atomic E-state index is 13.2. The summed E-state index contributed by atoms with van der Waals surface area (Å²) in [5.41, 5.74) is 3.50. The number of benzene rings is 2. The maximum absolute atomic E-state index is 13.2. The highest BCUT2D eigenvalue weighted by atomic mass is 16.2. The first kappa shape index (κ1) is 16.8. The second-order valence-electron chi connectivity index (χ2n) is 8.33. The fourth-order valence-corrected chi connectivity index (χ4v) is 4.03. The second-order valence-corrected chi connectivity index (χ2v) is 8.33. The summed E-state index contributed by atoms with van der Waals surface area (Å²) in [5, 5.41) is 2.98. The molecule has 1 saturated heterocycles. The maximum Gasteiger partial charge on any atom is 0.325 e. The number of imide groups is 1. The monoisotopic (exact) mass is 348 g/mol. The van der Waals surface area contributed by atoms with Crippen molar-refractivity contribution in [1.29, 1.82) is 0 Å². The molecule has 3 amide bonds. The number of aryl methyl sites for hydroxylation is 1. The lowest BCUT2D eigenvalue weighted by Gasteiger charge is -2.22. The van der Waals surface area contributed by atoms with Crippen molar-refractivity contribution in [3.63, 3.8) is 0 Å². The third-order valence-electron chi connectivity index (χ3n) is 5.58. The van der Waals surface area contributed by atoms with Crippen LogP contribution in [-0.2, 0) is 28.7 Å². The Kier molecular flexibility index (Phi) is 3.69. The first-order chi connectivity index (χ1) is 12.3. The molecule has 26 heavy (non-hydrogen) atoms. The number of nitrogens with zero attached hydrogens (tertiary/aromatic N) is 1. The molecule has 1 atom stereocenters. The molecule has 1 aliphatic carbocycles. The predicted octanol–water partition coefficient (Wildman–Crippen LogP) is 3.88. The van der Waals surface area contributed by atoms with Gasteiger partial charge in [0.05, 0.1) is 6.54 Å². The Morgan fingerprint density at radius 1 is 1.04 bits per heavy atom. The number of carbonyl (C=O) groups excluding carboxylic acids is 2. The van der Waals surface area contributed by atoms with Gasteiger partial charge in [0.1, 0.15) is 5.54 Å². The van der Waals surface area contributed by atoms with Crippen molar-refractivity contribution in [2.24, 2.45) is 0 Å². The zero-order valence-corrected chi connectivity index (χ0v) is 15.5. The summed E-state index contributed by atoms with van der Waals surface area (Å²) in [7, 11) is 0. The van der Waals surface area contributed by atoms with Gasteiger partial charge in [-0.15, -0.1) is 0 Å². The van der Waals surface area contributed by atoms with Crippen LogP contribution < -0.4 is 5.32 Å². The minimum Gasteiger partial charge on any atom is -0.319 e. The van der Waals surface area contributed by atoms with E-state index < -0.39 is 5.54 Å². The van der Waals surface area contributed by atoms with E-state index in [1.807, 2.05) is 36.4 Å². The molecule has 4 heteroatoms. The molecule has 0 aromatic heterocycles. The summed E-state index contributed by atoms with van der Waals surface area (Å²) in [6.07, 6.45) is 1.45. The smallest absolute Gasteiger partial charge is 0.319 e. The van der Waals surface area contributed by atoms with Crippen molar-refractivity contribution in [1.82, 2.24) is 10.2 Å². The largest absolute Gasteiger partial charge is 0.325 e. The van der Waals surface area contributed by atoms with Crippen LogP contribution in [0.5, 0.6) is 0 Å². The molecular formula is C22H24N2O2. The van der Waals surface area contributed by atoms with Gasteiger partial charge < -0.3 is 5.32 Å². The van der Waals surface area contributed by atoms with E-state index in [2.05, 4.69) is 38.2 Å². The van der Waals surface area contributed by atoms with Gasteiger partial charge in [-0.05, 0) is 40.5 Å². The van der Waals surface area contributed by atoms with Crippen LogP contribution in [0.2, 0.25) is 0 Å². The summed E-state index contributed by atoms with van der Waals surface area (Å²) in [6, 6.07) is 15.8. The zero-order chi connectivity index (χ0) is 18.5. The number of urea groups is 1. The molecule has 1 fully saturated rings. The quantitative estimate of drug-likeness (QED) is 0.838. The number of hydrogen-bond acceptors (Lipinski definition) is 2. The predicted molar refractivity (Wildman–Crippen MR) is 101 cm³/mol. The van der Waals surface area contributed by atoms with E-state index in [0.29, 0.717) is 13.0 Å². The molecule has 2 aliphatic rings. The van der Waals surface area contributed by atoms with Gasteiger partial charge in [0.15, 0.2) is 0 Å². The average Bonchev–Trinajstić information content (AvgIpc) is 3.09. The van der Waals surface area contributed by atoms with Crippen LogP contribution in [0.3, 0.4) is 0 Å². The van der Waals surface area contributed by atoms with E-state index in [1.165, 1.54) is 10.5 Å². The molecule has 1 heterocycles. The van der Waals surface area contributed by atoms with Gasteiger partial charge in [0, 0.05) is 0 Å². The first-order valence-electron chi connectivity index (χ1n) is 9.13. The number of fused-ring (bicyclic) bond motifs is 2. The zero-order valence-electron chi connectivity index (χ0n) is 15.5.